The Kier molecular flexibility index (Phi) is 5.00. The molecule has 1 heterocycles. The third-order valence-electron chi connectivity index (χ3n) is 2.89. The topological polar surface area (TPSA) is 115 Å². The van der Waals surface area contributed by atoms with E-state index in [9.17, 15) is 44.9 Å². The average molecular weight is 416 g/mol. The highest BCUT2D eigenvalue weighted by molar-refractivity contribution is 7.92. The van der Waals surface area contributed by atoms with Crippen LogP contribution in [0.2, 0.25) is 0 Å². The lowest BCUT2D eigenvalue weighted by molar-refractivity contribution is -0.384. The Morgan fingerprint density at radius 2 is 1.37 bits per heavy atom. The van der Waals surface area contributed by atoms with Crippen molar-refractivity contribution >= 4 is 21.7 Å². The molecular formula is C12H6F6N4O4S. The van der Waals surface area contributed by atoms with Crippen molar-refractivity contribution in [3.05, 3.63) is 51.8 Å². The molecule has 0 aliphatic carbocycles. The van der Waals surface area contributed by atoms with Gasteiger partial charge in [0.1, 0.15) is 0 Å². The van der Waals surface area contributed by atoms with E-state index in [4.69, 9.17) is 0 Å². The summed E-state index contributed by atoms with van der Waals surface area (Å²) in [6.45, 7) is 0. The van der Waals surface area contributed by atoms with Crippen LogP contribution < -0.4 is 4.72 Å². The molecule has 0 radical (unpaired) electrons. The second-order valence-electron chi connectivity index (χ2n) is 4.81. The van der Waals surface area contributed by atoms with Gasteiger partial charge in [-0.3, -0.25) is 10.1 Å². The van der Waals surface area contributed by atoms with Crippen LogP contribution in [0.3, 0.4) is 0 Å². The van der Waals surface area contributed by atoms with Gasteiger partial charge in [-0.25, -0.2) is 23.1 Å². The van der Waals surface area contributed by atoms with Gasteiger partial charge in [0.15, 0.2) is 11.4 Å². The molecule has 0 fully saturated rings. The van der Waals surface area contributed by atoms with Crippen LogP contribution in [0.25, 0.3) is 0 Å². The summed E-state index contributed by atoms with van der Waals surface area (Å²) in [5, 5.41) is 10.5. The van der Waals surface area contributed by atoms with E-state index in [2.05, 4.69) is 9.97 Å². The molecule has 1 N–H and O–H groups in total. The molecule has 1 aromatic heterocycles. The number of nitro benzene ring substituents is 1. The van der Waals surface area contributed by atoms with E-state index in [1.807, 2.05) is 0 Å². The Bertz CT molecular complexity index is 941. The SMILES string of the molecule is O=[N+]([O-])c1ccc(S(=O)(=O)Nc2nc(C(F)(F)F)cc(C(F)(F)F)n2)cc1. The lowest BCUT2D eigenvalue weighted by Gasteiger charge is -2.13. The van der Waals surface area contributed by atoms with E-state index in [-0.39, 0.29) is 6.07 Å². The Morgan fingerprint density at radius 1 is 0.926 bits per heavy atom. The minimum Gasteiger partial charge on any atom is -0.258 e. The van der Waals surface area contributed by atoms with Crippen LogP contribution in [-0.2, 0) is 22.4 Å². The third kappa shape index (κ3) is 4.81. The van der Waals surface area contributed by atoms with E-state index in [0.717, 1.165) is 24.3 Å². The van der Waals surface area contributed by atoms with Crippen molar-refractivity contribution in [2.24, 2.45) is 0 Å². The molecule has 2 aromatic rings. The Morgan fingerprint density at radius 3 is 1.74 bits per heavy atom. The summed E-state index contributed by atoms with van der Waals surface area (Å²) in [4.78, 5) is 14.5. The molecule has 27 heavy (non-hydrogen) atoms. The van der Waals surface area contributed by atoms with Crippen LogP contribution in [0.15, 0.2) is 35.2 Å². The molecule has 0 spiro atoms. The smallest absolute Gasteiger partial charge is 0.258 e. The molecule has 1 aromatic carbocycles. The van der Waals surface area contributed by atoms with Gasteiger partial charge in [-0.05, 0) is 18.2 Å². The second-order valence-corrected chi connectivity index (χ2v) is 6.50. The Balaban J connectivity index is 2.47. The van der Waals surface area contributed by atoms with Crippen molar-refractivity contribution in [3.8, 4) is 0 Å². The van der Waals surface area contributed by atoms with E-state index in [0.29, 0.717) is 0 Å². The molecule has 15 heteroatoms. The van der Waals surface area contributed by atoms with Crippen LogP contribution in [0.5, 0.6) is 0 Å². The van der Waals surface area contributed by atoms with Gasteiger partial charge in [-0.2, -0.15) is 26.3 Å². The van der Waals surface area contributed by atoms with Crippen molar-refractivity contribution < 1.29 is 39.7 Å². The molecule has 0 atom stereocenters. The maximum absolute atomic E-state index is 12.7. The van der Waals surface area contributed by atoms with Crippen molar-refractivity contribution in [1.82, 2.24) is 9.97 Å². The lowest BCUT2D eigenvalue weighted by atomic mass is 10.3. The highest BCUT2D eigenvalue weighted by Gasteiger charge is 2.40. The zero-order valence-electron chi connectivity index (χ0n) is 12.5. The van der Waals surface area contributed by atoms with Crippen molar-refractivity contribution in [2.45, 2.75) is 17.2 Å². The normalized spacial score (nSPS) is 12.7. The summed E-state index contributed by atoms with van der Waals surface area (Å²) in [6, 6.07) is 2.66. The highest BCUT2D eigenvalue weighted by Crippen LogP contribution is 2.34. The number of non-ortho nitro benzene ring substituents is 1. The lowest BCUT2D eigenvalue weighted by Crippen LogP contribution is -2.20. The van der Waals surface area contributed by atoms with Crippen LogP contribution in [-0.4, -0.2) is 23.3 Å². The molecule has 0 amide bonds. The summed E-state index contributed by atoms with van der Waals surface area (Å²) in [7, 11) is -4.71. The van der Waals surface area contributed by atoms with E-state index in [1.165, 1.54) is 4.72 Å². The second kappa shape index (κ2) is 6.64. The fourth-order valence-corrected chi connectivity index (χ4v) is 2.65. The number of hydrogen-bond acceptors (Lipinski definition) is 6. The third-order valence-corrected chi connectivity index (χ3v) is 4.23. The van der Waals surface area contributed by atoms with Crippen LogP contribution in [0, 0.1) is 10.1 Å². The first-order chi connectivity index (χ1) is 12.2. The van der Waals surface area contributed by atoms with E-state index in [1.54, 1.807) is 0 Å². The monoisotopic (exact) mass is 416 g/mol. The summed E-state index contributed by atoms with van der Waals surface area (Å²) in [5.41, 5.74) is -4.50. The van der Waals surface area contributed by atoms with Crippen LogP contribution in [0.1, 0.15) is 11.4 Å². The molecule has 0 saturated carbocycles. The number of rotatable bonds is 4. The molecule has 0 saturated heterocycles. The summed E-state index contributed by atoms with van der Waals surface area (Å²) >= 11 is 0. The van der Waals surface area contributed by atoms with Crippen molar-refractivity contribution in [2.75, 3.05) is 4.72 Å². The zero-order valence-corrected chi connectivity index (χ0v) is 13.4. The van der Waals surface area contributed by atoms with Gasteiger partial charge in [0.05, 0.1) is 9.82 Å². The number of alkyl halides is 6. The number of nitrogens with zero attached hydrogens (tertiary/aromatic N) is 3. The Labute approximate surface area is 146 Å². The number of aromatic nitrogens is 2. The number of halogens is 6. The predicted octanol–water partition coefficient (Wildman–Crippen LogP) is 3.22. The van der Waals surface area contributed by atoms with Gasteiger partial charge in [-0.1, -0.05) is 0 Å². The molecule has 8 nitrogen and oxygen atoms in total. The van der Waals surface area contributed by atoms with Gasteiger partial charge in [0.2, 0.25) is 5.95 Å². The highest BCUT2D eigenvalue weighted by atomic mass is 32.2. The van der Waals surface area contributed by atoms with Gasteiger partial charge >= 0.3 is 12.4 Å². The molecule has 146 valence electrons. The number of benzene rings is 1. The quantitative estimate of drug-likeness (QED) is 0.465. The zero-order chi connectivity index (χ0) is 20.6. The largest absolute Gasteiger partial charge is 0.433 e. The number of nitro groups is 1. The van der Waals surface area contributed by atoms with Gasteiger partial charge in [0.25, 0.3) is 15.7 Å². The maximum atomic E-state index is 12.7. The summed E-state index contributed by atoms with van der Waals surface area (Å²) < 4.78 is 102. The molecular weight excluding hydrogens is 410 g/mol. The maximum Gasteiger partial charge on any atom is 0.433 e. The molecule has 0 aliphatic heterocycles. The number of sulfonamides is 1. The minimum atomic E-state index is -5.30. The van der Waals surface area contributed by atoms with Crippen LogP contribution >= 0.6 is 0 Å². The standard InChI is InChI=1S/C12H6F6N4O4S/c13-11(14,15)8-5-9(12(16,17)18)20-10(19-8)21-27(25,26)7-3-1-6(2-4-7)22(23)24/h1-5H,(H,19,20,21). The molecule has 0 bridgehead atoms. The fourth-order valence-electron chi connectivity index (χ4n) is 1.71. The first-order valence-corrected chi connectivity index (χ1v) is 7.99. The molecule has 0 aliphatic rings. The number of hydrogen-bond donors (Lipinski definition) is 1. The van der Waals surface area contributed by atoms with Gasteiger partial charge in [0, 0.05) is 12.1 Å². The van der Waals surface area contributed by atoms with Crippen molar-refractivity contribution in [3.63, 3.8) is 0 Å². The molecule has 0 unspecified atom stereocenters. The number of nitrogens with one attached hydrogen (secondary N) is 1. The van der Waals surface area contributed by atoms with Gasteiger partial charge < -0.3 is 0 Å². The first-order valence-electron chi connectivity index (χ1n) is 6.51. The fraction of sp³-hybridized carbons (Fsp3) is 0.167. The predicted molar refractivity (Wildman–Crippen MR) is 75.9 cm³/mol. The van der Waals surface area contributed by atoms with Crippen LogP contribution in [0.4, 0.5) is 38.0 Å². The molecule has 2 rings (SSSR count). The number of anilines is 1. The van der Waals surface area contributed by atoms with E-state index < -0.39 is 55.2 Å². The summed E-state index contributed by atoms with van der Waals surface area (Å²) in [5.74, 6) is -1.46. The Hall–Kier alpha value is -2.97. The first kappa shape index (κ1) is 20.3. The van der Waals surface area contributed by atoms with Crippen molar-refractivity contribution in [1.29, 1.82) is 0 Å². The van der Waals surface area contributed by atoms with Gasteiger partial charge in [-0.15, -0.1) is 0 Å². The average Bonchev–Trinajstić information content (AvgIpc) is 2.52. The minimum absolute atomic E-state index is 0.371. The van der Waals surface area contributed by atoms with E-state index >= 15 is 0 Å². The summed E-state index contributed by atoms with van der Waals surface area (Å²) in [6.07, 6.45) is -10.6.